The van der Waals surface area contributed by atoms with E-state index in [0.29, 0.717) is 18.5 Å². The topological polar surface area (TPSA) is 45.2 Å². The third-order valence-corrected chi connectivity index (χ3v) is 2.87. The molecule has 0 radical (unpaired) electrons. The zero-order valence-electron chi connectivity index (χ0n) is 10.4. The van der Waals surface area contributed by atoms with Crippen molar-refractivity contribution < 1.29 is 18.0 Å². The van der Waals surface area contributed by atoms with Crippen LogP contribution in [-0.4, -0.2) is 41.6 Å². The van der Waals surface area contributed by atoms with E-state index in [-0.39, 0.29) is 11.7 Å². The first-order chi connectivity index (χ1) is 8.90. The lowest BCUT2D eigenvalue weighted by Crippen LogP contribution is -2.40. The van der Waals surface area contributed by atoms with Crippen LogP contribution >= 0.6 is 0 Å². The zero-order chi connectivity index (χ0) is 14.0. The highest BCUT2D eigenvalue weighted by Crippen LogP contribution is 2.31. The molecule has 0 unspecified atom stereocenters. The van der Waals surface area contributed by atoms with Crippen molar-refractivity contribution in [3.05, 3.63) is 24.0 Å². The molecule has 1 aromatic rings. The number of carbonyl (C=O) groups is 1. The van der Waals surface area contributed by atoms with Gasteiger partial charge in [0.25, 0.3) is 5.91 Å². The maximum Gasteiger partial charge on any atom is 0.406 e. The number of nitrogens with zero attached hydrogens (tertiary/aromatic N) is 2. The molecule has 1 amide bonds. The lowest BCUT2D eigenvalue weighted by Gasteiger charge is -2.23. The van der Waals surface area contributed by atoms with Gasteiger partial charge in [-0.05, 0) is 25.0 Å². The number of hydrogen-bond donors (Lipinski definition) is 1. The summed E-state index contributed by atoms with van der Waals surface area (Å²) in [6, 6.07) is 2.73. The summed E-state index contributed by atoms with van der Waals surface area (Å²) in [5.41, 5.74) is 0.737. The monoisotopic (exact) mass is 273 g/mol. The van der Waals surface area contributed by atoms with Crippen molar-refractivity contribution in [3.63, 3.8) is 0 Å². The molecule has 0 spiro atoms. The van der Waals surface area contributed by atoms with Gasteiger partial charge in [0, 0.05) is 13.1 Å². The molecule has 0 aromatic carbocycles. The molecule has 1 fully saturated rings. The van der Waals surface area contributed by atoms with Gasteiger partial charge in [-0.15, -0.1) is 0 Å². The van der Waals surface area contributed by atoms with Crippen LogP contribution in [0.25, 0.3) is 0 Å². The van der Waals surface area contributed by atoms with Crippen molar-refractivity contribution in [1.29, 1.82) is 0 Å². The number of aromatic nitrogens is 1. The van der Waals surface area contributed by atoms with Crippen LogP contribution in [0.15, 0.2) is 18.3 Å². The fourth-order valence-corrected chi connectivity index (χ4v) is 1.76. The van der Waals surface area contributed by atoms with Gasteiger partial charge in [0.05, 0.1) is 11.9 Å². The van der Waals surface area contributed by atoms with Crippen molar-refractivity contribution in [2.45, 2.75) is 25.1 Å². The van der Waals surface area contributed by atoms with E-state index >= 15 is 0 Å². The summed E-state index contributed by atoms with van der Waals surface area (Å²) < 4.78 is 37.4. The average molecular weight is 273 g/mol. The van der Waals surface area contributed by atoms with E-state index in [1.807, 2.05) is 0 Å². The Morgan fingerprint density at radius 2 is 2.16 bits per heavy atom. The summed E-state index contributed by atoms with van der Waals surface area (Å²) in [6.45, 7) is -1.22. The summed E-state index contributed by atoms with van der Waals surface area (Å²) in [5, 5.41) is 2.83. The van der Waals surface area contributed by atoms with Crippen LogP contribution in [0.1, 0.15) is 23.3 Å². The number of hydrogen-bond acceptors (Lipinski definition) is 3. The van der Waals surface area contributed by atoms with Crippen LogP contribution in [0.4, 0.5) is 18.9 Å². The Hall–Kier alpha value is -1.79. The Balaban J connectivity index is 2.14. The second kappa shape index (κ2) is 5.07. The number of pyridine rings is 1. The molecule has 0 saturated heterocycles. The molecule has 2 rings (SSSR count). The minimum atomic E-state index is -4.39. The third-order valence-electron chi connectivity index (χ3n) is 2.87. The Bertz CT molecular complexity index is 454. The largest absolute Gasteiger partial charge is 0.406 e. The number of anilines is 1. The van der Waals surface area contributed by atoms with Crippen molar-refractivity contribution in [2.75, 3.05) is 18.9 Å². The van der Waals surface area contributed by atoms with E-state index in [1.165, 1.54) is 12.3 Å². The highest BCUT2D eigenvalue weighted by atomic mass is 19.4. The van der Waals surface area contributed by atoms with E-state index in [0.717, 1.165) is 4.90 Å². The van der Waals surface area contributed by atoms with Gasteiger partial charge < -0.3 is 10.2 Å². The fraction of sp³-hybridized carbons (Fsp3) is 0.500. The van der Waals surface area contributed by atoms with Crippen LogP contribution in [0.2, 0.25) is 0 Å². The van der Waals surface area contributed by atoms with Gasteiger partial charge >= 0.3 is 6.18 Å². The van der Waals surface area contributed by atoms with Crippen LogP contribution in [0.5, 0.6) is 0 Å². The molecular formula is C12H14F3N3O. The first-order valence-corrected chi connectivity index (χ1v) is 5.92. The fourth-order valence-electron chi connectivity index (χ4n) is 1.76. The average Bonchev–Trinajstić information content (AvgIpc) is 3.18. The second-order valence-corrected chi connectivity index (χ2v) is 4.46. The summed E-state index contributed by atoms with van der Waals surface area (Å²) in [7, 11) is 1.69. The number of rotatable bonds is 4. The van der Waals surface area contributed by atoms with Crippen LogP contribution in [0.3, 0.4) is 0 Å². The molecule has 1 aromatic heterocycles. The van der Waals surface area contributed by atoms with Gasteiger partial charge in [0.15, 0.2) is 0 Å². The molecule has 0 atom stereocenters. The van der Waals surface area contributed by atoms with Crippen molar-refractivity contribution in [1.82, 2.24) is 9.88 Å². The number of halogens is 3. The molecule has 1 heterocycles. The molecule has 7 heteroatoms. The predicted octanol–water partition coefficient (Wildman–Crippen LogP) is 2.29. The molecule has 4 nitrogen and oxygen atoms in total. The lowest BCUT2D eigenvalue weighted by molar-refractivity contribution is -0.141. The normalized spacial score (nSPS) is 15.2. The first kappa shape index (κ1) is 13.6. The summed E-state index contributed by atoms with van der Waals surface area (Å²) in [6.07, 6.45) is -1.72. The van der Waals surface area contributed by atoms with Gasteiger partial charge in [-0.2, -0.15) is 13.2 Å². The van der Waals surface area contributed by atoms with Gasteiger partial charge in [0.2, 0.25) is 0 Å². The van der Waals surface area contributed by atoms with Crippen LogP contribution in [-0.2, 0) is 0 Å². The van der Waals surface area contributed by atoms with Crippen molar-refractivity contribution in [2.24, 2.45) is 0 Å². The molecule has 0 bridgehead atoms. The molecule has 1 N–H and O–H groups in total. The van der Waals surface area contributed by atoms with Crippen LogP contribution in [0, 0.1) is 0 Å². The summed E-state index contributed by atoms with van der Waals surface area (Å²) in [4.78, 5) is 16.8. The molecule has 1 aliphatic rings. The quantitative estimate of drug-likeness (QED) is 0.915. The van der Waals surface area contributed by atoms with Gasteiger partial charge in [-0.3, -0.25) is 4.79 Å². The minimum absolute atomic E-state index is 0.0372. The third kappa shape index (κ3) is 3.59. The summed E-state index contributed by atoms with van der Waals surface area (Å²) in [5.74, 6) is -0.664. The van der Waals surface area contributed by atoms with E-state index < -0.39 is 18.6 Å². The van der Waals surface area contributed by atoms with Crippen molar-refractivity contribution in [3.8, 4) is 0 Å². The first-order valence-electron chi connectivity index (χ1n) is 5.92. The maximum atomic E-state index is 12.5. The van der Waals surface area contributed by atoms with E-state index in [4.69, 9.17) is 0 Å². The van der Waals surface area contributed by atoms with Gasteiger partial charge in [0.1, 0.15) is 12.2 Å². The Kier molecular flexibility index (Phi) is 3.64. The van der Waals surface area contributed by atoms with E-state index in [1.54, 1.807) is 13.1 Å². The van der Waals surface area contributed by atoms with E-state index in [2.05, 4.69) is 10.3 Å². The van der Waals surface area contributed by atoms with E-state index in [9.17, 15) is 18.0 Å². The summed E-state index contributed by atoms with van der Waals surface area (Å²) >= 11 is 0. The number of nitrogens with one attached hydrogen (secondary N) is 1. The predicted molar refractivity (Wildman–Crippen MR) is 63.9 cm³/mol. The van der Waals surface area contributed by atoms with Gasteiger partial charge in [-0.1, -0.05) is 0 Å². The molecule has 104 valence electrons. The molecule has 0 aliphatic heterocycles. The molecular weight excluding hydrogens is 259 g/mol. The minimum Gasteiger partial charge on any atom is -0.387 e. The Morgan fingerprint density at radius 3 is 2.58 bits per heavy atom. The lowest BCUT2D eigenvalue weighted by atomic mass is 10.3. The number of amides is 1. The molecule has 1 saturated carbocycles. The maximum absolute atomic E-state index is 12.5. The molecule has 19 heavy (non-hydrogen) atoms. The highest BCUT2D eigenvalue weighted by Gasteiger charge is 2.41. The van der Waals surface area contributed by atoms with Crippen molar-refractivity contribution >= 4 is 11.6 Å². The van der Waals surface area contributed by atoms with Crippen LogP contribution < -0.4 is 5.32 Å². The zero-order valence-corrected chi connectivity index (χ0v) is 10.4. The smallest absolute Gasteiger partial charge is 0.387 e. The Labute approximate surface area is 108 Å². The highest BCUT2D eigenvalue weighted by molar-refractivity contribution is 5.93. The SMILES string of the molecule is CNc1ccc(C(=O)N(CC(F)(F)F)C2CC2)nc1. The van der Waals surface area contributed by atoms with Gasteiger partial charge in [-0.25, -0.2) is 4.98 Å². The Morgan fingerprint density at radius 1 is 1.47 bits per heavy atom. The number of carbonyl (C=O) groups excluding carboxylic acids is 1. The molecule has 1 aliphatic carbocycles. The second-order valence-electron chi connectivity index (χ2n) is 4.46. The standard InChI is InChI=1S/C12H14F3N3O/c1-16-8-2-5-10(17-6-8)11(19)18(9-3-4-9)7-12(13,14)15/h2,5-6,9,16H,3-4,7H2,1H3. The number of alkyl halides is 3.